The van der Waals surface area contributed by atoms with Crippen molar-refractivity contribution >= 4 is 27.8 Å². The van der Waals surface area contributed by atoms with Gasteiger partial charge in [-0.1, -0.05) is 18.2 Å². The molecule has 2 aromatic heterocycles. The van der Waals surface area contributed by atoms with E-state index in [4.69, 9.17) is 0 Å². The standard InChI is InChI=1S/C20H20N4O/c1-13-23-18-11-14(7-8-19(18)24(13)2)20(25)21-10-9-15-12-22-17-6-4-3-5-16(15)17/h3-8,11-12,22H,9-10H2,1-2H3,(H,21,25). The lowest BCUT2D eigenvalue weighted by atomic mass is 10.1. The smallest absolute Gasteiger partial charge is 0.251 e. The van der Waals surface area contributed by atoms with Crippen molar-refractivity contribution < 1.29 is 4.79 Å². The number of H-pyrrole nitrogens is 1. The molecule has 4 aromatic rings. The van der Waals surface area contributed by atoms with Crippen molar-refractivity contribution in [3.05, 3.63) is 65.6 Å². The molecule has 0 atom stereocenters. The number of para-hydroxylation sites is 1. The Morgan fingerprint density at radius 2 is 2.08 bits per heavy atom. The average molecular weight is 332 g/mol. The fraction of sp³-hybridized carbons (Fsp3) is 0.200. The summed E-state index contributed by atoms with van der Waals surface area (Å²) in [6.45, 7) is 2.56. The van der Waals surface area contributed by atoms with Gasteiger partial charge in [-0.05, 0) is 43.2 Å². The highest BCUT2D eigenvalue weighted by molar-refractivity contribution is 5.97. The van der Waals surface area contributed by atoms with Crippen LogP contribution < -0.4 is 5.32 Å². The molecule has 0 aliphatic carbocycles. The van der Waals surface area contributed by atoms with E-state index in [1.54, 1.807) is 0 Å². The van der Waals surface area contributed by atoms with E-state index in [0.717, 1.165) is 28.8 Å². The van der Waals surface area contributed by atoms with Crippen molar-refractivity contribution in [3.8, 4) is 0 Å². The number of nitrogens with one attached hydrogen (secondary N) is 2. The Kier molecular flexibility index (Phi) is 3.76. The summed E-state index contributed by atoms with van der Waals surface area (Å²) in [7, 11) is 1.98. The number of carbonyl (C=O) groups excluding carboxylic acids is 1. The van der Waals surface area contributed by atoms with E-state index in [1.165, 1.54) is 10.9 Å². The van der Waals surface area contributed by atoms with E-state index in [9.17, 15) is 4.79 Å². The van der Waals surface area contributed by atoms with Crippen molar-refractivity contribution in [2.24, 2.45) is 7.05 Å². The van der Waals surface area contributed by atoms with Crippen LogP contribution in [-0.2, 0) is 13.5 Å². The predicted octanol–water partition coefficient (Wildman–Crippen LogP) is 3.34. The third-order valence-electron chi connectivity index (χ3n) is 4.72. The minimum atomic E-state index is -0.0648. The highest BCUT2D eigenvalue weighted by Gasteiger charge is 2.10. The Labute approximate surface area is 145 Å². The van der Waals surface area contributed by atoms with Gasteiger partial charge in [0.1, 0.15) is 5.82 Å². The maximum absolute atomic E-state index is 12.4. The van der Waals surface area contributed by atoms with Gasteiger partial charge in [-0.15, -0.1) is 0 Å². The molecule has 0 fully saturated rings. The van der Waals surface area contributed by atoms with Crippen molar-refractivity contribution in [2.45, 2.75) is 13.3 Å². The highest BCUT2D eigenvalue weighted by atomic mass is 16.1. The van der Waals surface area contributed by atoms with Crippen LogP contribution in [0.4, 0.5) is 0 Å². The number of aromatic nitrogens is 3. The Bertz CT molecular complexity index is 1070. The highest BCUT2D eigenvalue weighted by Crippen LogP contribution is 2.18. The maximum atomic E-state index is 12.4. The van der Waals surface area contributed by atoms with Gasteiger partial charge >= 0.3 is 0 Å². The van der Waals surface area contributed by atoms with Gasteiger partial charge in [0, 0.05) is 36.3 Å². The molecule has 0 aliphatic rings. The van der Waals surface area contributed by atoms with Crippen LogP contribution in [0, 0.1) is 6.92 Å². The maximum Gasteiger partial charge on any atom is 0.251 e. The molecule has 4 rings (SSSR count). The summed E-state index contributed by atoms with van der Waals surface area (Å²) in [4.78, 5) is 20.2. The first-order valence-corrected chi connectivity index (χ1v) is 8.40. The normalized spacial score (nSPS) is 11.3. The molecular formula is C20H20N4O. The molecule has 5 nitrogen and oxygen atoms in total. The number of benzene rings is 2. The van der Waals surface area contributed by atoms with Crippen LogP contribution in [-0.4, -0.2) is 27.0 Å². The van der Waals surface area contributed by atoms with Gasteiger partial charge in [-0.3, -0.25) is 4.79 Å². The lowest BCUT2D eigenvalue weighted by molar-refractivity contribution is 0.0954. The van der Waals surface area contributed by atoms with E-state index in [0.29, 0.717) is 12.1 Å². The Morgan fingerprint density at radius 3 is 2.96 bits per heavy atom. The summed E-state index contributed by atoms with van der Waals surface area (Å²) >= 11 is 0. The molecule has 0 saturated heterocycles. The van der Waals surface area contributed by atoms with Gasteiger partial charge in [0.05, 0.1) is 11.0 Å². The topological polar surface area (TPSA) is 62.7 Å². The first-order chi connectivity index (χ1) is 12.1. The van der Waals surface area contributed by atoms with Gasteiger partial charge in [0.25, 0.3) is 5.91 Å². The number of carbonyl (C=O) groups is 1. The molecule has 2 N–H and O–H groups in total. The number of fused-ring (bicyclic) bond motifs is 2. The van der Waals surface area contributed by atoms with Crippen LogP contribution in [0.15, 0.2) is 48.7 Å². The number of imidazole rings is 1. The molecule has 2 aromatic carbocycles. The molecule has 0 unspecified atom stereocenters. The monoisotopic (exact) mass is 332 g/mol. The minimum Gasteiger partial charge on any atom is -0.361 e. The molecule has 0 bridgehead atoms. The number of hydrogen-bond donors (Lipinski definition) is 2. The van der Waals surface area contributed by atoms with E-state index in [2.05, 4.69) is 27.4 Å². The molecule has 0 saturated carbocycles. The third-order valence-corrected chi connectivity index (χ3v) is 4.72. The van der Waals surface area contributed by atoms with E-state index in [-0.39, 0.29) is 5.91 Å². The van der Waals surface area contributed by atoms with Crippen LogP contribution in [0.25, 0.3) is 21.9 Å². The van der Waals surface area contributed by atoms with Crippen LogP contribution in [0.1, 0.15) is 21.7 Å². The molecular weight excluding hydrogens is 312 g/mol. The van der Waals surface area contributed by atoms with Crippen LogP contribution in [0.2, 0.25) is 0 Å². The zero-order chi connectivity index (χ0) is 17.4. The number of aromatic amines is 1. The summed E-state index contributed by atoms with van der Waals surface area (Å²) in [6, 6.07) is 13.8. The van der Waals surface area contributed by atoms with Gasteiger partial charge in [0.15, 0.2) is 0 Å². The molecule has 5 heteroatoms. The molecule has 1 amide bonds. The summed E-state index contributed by atoms with van der Waals surface area (Å²) in [6.07, 6.45) is 2.81. The zero-order valence-corrected chi connectivity index (χ0v) is 14.3. The second-order valence-corrected chi connectivity index (χ2v) is 6.29. The van der Waals surface area contributed by atoms with Crippen molar-refractivity contribution in [3.63, 3.8) is 0 Å². The lowest BCUT2D eigenvalue weighted by Crippen LogP contribution is -2.25. The van der Waals surface area contributed by atoms with Gasteiger partial charge in [-0.2, -0.15) is 0 Å². The van der Waals surface area contributed by atoms with E-state index in [1.807, 2.05) is 55.1 Å². The number of nitrogens with zero attached hydrogens (tertiary/aromatic N) is 2. The molecule has 0 spiro atoms. The van der Waals surface area contributed by atoms with Gasteiger partial charge in [-0.25, -0.2) is 4.98 Å². The van der Waals surface area contributed by atoms with Crippen molar-refractivity contribution in [1.82, 2.24) is 19.9 Å². The van der Waals surface area contributed by atoms with Crippen LogP contribution in [0.3, 0.4) is 0 Å². The number of aryl methyl sites for hydroxylation is 2. The molecule has 0 radical (unpaired) electrons. The molecule has 0 aliphatic heterocycles. The molecule has 2 heterocycles. The zero-order valence-electron chi connectivity index (χ0n) is 14.3. The quantitative estimate of drug-likeness (QED) is 0.602. The van der Waals surface area contributed by atoms with Crippen molar-refractivity contribution in [2.75, 3.05) is 6.54 Å². The Morgan fingerprint density at radius 1 is 1.24 bits per heavy atom. The summed E-state index contributed by atoms with van der Waals surface area (Å²) < 4.78 is 2.02. The van der Waals surface area contributed by atoms with E-state index < -0.39 is 0 Å². The lowest BCUT2D eigenvalue weighted by Gasteiger charge is -2.05. The average Bonchev–Trinajstić information content (AvgIpc) is 3.16. The number of rotatable bonds is 4. The summed E-state index contributed by atoms with van der Waals surface area (Å²) in [5.41, 5.74) is 4.87. The third kappa shape index (κ3) is 2.78. The fourth-order valence-electron chi connectivity index (χ4n) is 3.21. The largest absolute Gasteiger partial charge is 0.361 e. The summed E-state index contributed by atoms with van der Waals surface area (Å²) in [5.74, 6) is 0.872. The summed E-state index contributed by atoms with van der Waals surface area (Å²) in [5, 5.41) is 4.21. The molecule has 126 valence electrons. The first kappa shape index (κ1) is 15.4. The van der Waals surface area contributed by atoms with Crippen LogP contribution >= 0.6 is 0 Å². The second kappa shape index (κ2) is 6.09. The Balaban J connectivity index is 1.45. The van der Waals surface area contributed by atoms with Crippen LogP contribution in [0.5, 0.6) is 0 Å². The second-order valence-electron chi connectivity index (χ2n) is 6.29. The number of hydrogen-bond acceptors (Lipinski definition) is 2. The van der Waals surface area contributed by atoms with E-state index >= 15 is 0 Å². The minimum absolute atomic E-state index is 0.0648. The fourth-order valence-corrected chi connectivity index (χ4v) is 3.21. The Hall–Kier alpha value is -3.08. The first-order valence-electron chi connectivity index (χ1n) is 8.40. The SMILES string of the molecule is Cc1nc2cc(C(=O)NCCc3c[nH]c4ccccc34)ccc2n1C. The van der Waals surface area contributed by atoms with Gasteiger partial charge in [0.2, 0.25) is 0 Å². The number of amides is 1. The molecule has 25 heavy (non-hydrogen) atoms. The predicted molar refractivity (Wildman–Crippen MR) is 99.8 cm³/mol. The van der Waals surface area contributed by atoms with Crippen molar-refractivity contribution in [1.29, 1.82) is 0 Å². The van der Waals surface area contributed by atoms with Gasteiger partial charge < -0.3 is 14.9 Å².